The summed E-state index contributed by atoms with van der Waals surface area (Å²) in [4.78, 5) is 37.6. The van der Waals surface area contributed by atoms with Crippen molar-refractivity contribution in [3.63, 3.8) is 0 Å². The number of ether oxygens (including phenoxy) is 2. The first-order chi connectivity index (χ1) is 14.3. The third-order valence-corrected chi connectivity index (χ3v) is 5.56. The number of benzene rings is 2. The fourth-order valence-corrected chi connectivity index (χ4v) is 3.96. The molecule has 0 bridgehead atoms. The van der Waals surface area contributed by atoms with E-state index in [-0.39, 0.29) is 45.7 Å². The van der Waals surface area contributed by atoms with Gasteiger partial charge >= 0.3 is 0 Å². The van der Waals surface area contributed by atoms with Gasteiger partial charge in [0.25, 0.3) is 17.1 Å². The smallest absolute Gasteiger partial charge is 0.293 e. The minimum Gasteiger partial charge on any atom is -0.493 e. The molecule has 1 heterocycles. The lowest BCUT2D eigenvalue weighted by molar-refractivity contribution is -0.123. The van der Waals surface area contributed by atoms with Crippen molar-refractivity contribution in [1.29, 1.82) is 0 Å². The van der Waals surface area contributed by atoms with E-state index in [1.165, 1.54) is 12.0 Å². The number of primary amides is 1. The van der Waals surface area contributed by atoms with Crippen LogP contribution in [0.1, 0.15) is 16.7 Å². The molecule has 1 fully saturated rings. The van der Waals surface area contributed by atoms with Crippen LogP contribution >= 0.6 is 23.4 Å². The summed E-state index contributed by atoms with van der Waals surface area (Å²) >= 11 is 7.11. The second kappa shape index (κ2) is 9.23. The summed E-state index contributed by atoms with van der Waals surface area (Å²) in [6.45, 7) is 1.78. The minimum absolute atomic E-state index is 0.169. The summed E-state index contributed by atoms with van der Waals surface area (Å²) in [5, 5.41) is -0.157. The number of methoxy groups -OCH3 is 1. The van der Waals surface area contributed by atoms with Gasteiger partial charge in [0.15, 0.2) is 18.1 Å². The number of imide groups is 1. The fraction of sp³-hybridized carbons (Fsp3) is 0.190. The van der Waals surface area contributed by atoms with Crippen LogP contribution in [0.2, 0.25) is 5.02 Å². The lowest BCUT2D eigenvalue weighted by atomic mass is 10.1. The standard InChI is InChI=1S/C21H19ClN2O5S/c1-12-5-3-4-6-14(12)10-24-20(26)17(30-21(24)27)9-13-7-15(22)19(16(8-13)28-2)29-11-18(23)25/h3-9H,10-11H2,1-2H3,(H2,23,25)/b17-9-. The average Bonchev–Trinajstić information content (AvgIpc) is 2.95. The van der Waals surface area contributed by atoms with Crippen molar-refractivity contribution in [1.82, 2.24) is 4.90 Å². The van der Waals surface area contributed by atoms with Crippen LogP contribution < -0.4 is 15.2 Å². The van der Waals surface area contributed by atoms with E-state index in [9.17, 15) is 14.4 Å². The summed E-state index contributed by atoms with van der Waals surface area (Å²) in [6.07, 6.45) is 1.56. The zero-order valence-corrected chi connectivity index (χ0v) is 17.9. The van der Waals surface area contributed by atoms with Gasteiger partial charge in [-0.05, 0) is 53.6 Å². The largest absolute Gasteiger partial charge is 0.493 e. The Morgan fingerprint density at radius 2 is 2.00 bits per heavy atom. The Morgan fingerprint density at radius 3 is 2.67 bits per heavy atom. The Morgan fingerprint density at radius 1 is 1.27 bits per heavy atom. The quantitative estimate of drug-likeness (QED) is 0.650. The van der Waals surface area contributed by atoms with Crippen LogP contribution in [0, 0.1) is 6.92 Å². The van der Waals surface area contributed by atoms with E-state index in [2.05, 4.69) is 0 Å². The predicted molar refractivity (Wildman–Crippen MR) is 115 cm³/mol. The molecule has 3 amide bonds. The van der Waals surface area contributed by atoms with E-state index in [0.717, 1.165) is 22.9 Å². The number of nitrogens with two attached hydrogens (primary N) is 1. The van der Waals surface area contributed by atoms with Crippen molar-refractivity contribution in [2.45, 2.75) is 13.5 Å². The molecule has 0 aliphatic carbocycles. The number of carbonyl (C=O) groups is 3. The Hall–Kier alpha value is -2.97. The number of carbonyl (C=O) groups excluding carboxylic acids is 3. The second-order valence-corrected chi connectivity index (χ2v) is 7.88. The number of nitrogens with zero attached hydrogens (tertiary/aromatic N) is 1. The van der Waals surface area contributed by atoms with Crippen LogP contribution in [0.5, 0.6) is 11.5 Å². The number of aryl methyl sites for hydroxylation is 1. The molecule has 9 heteroatoms. The van der Waals surface area contributed by atoms with Crippen molar-refractivity contribution in [2.24, 2.45) is 5.73 Å². The fourth-order valence-electron chi connectivity index (χ4n) is 2.85. The second-order valence-electron chi connectivity index (χ2n) is 6.48. The molecule has 2 aromatic rings. The van der Waals surface area contributed by atoms with E-state index in [0.29, 0.717) is 5.56 Å². The summed E-state index contributed by atoms with van der Waals surface area (Å²) < 4.78 is 10.6. The molecule has 2 N–H and O–H groups in total. The van der Waals surface area contributed by atoms with Gasteiger partial charge in [0.05, 0.1) is 23.6 Å². The van der Waals surface area contributed by atoms with Crippen molar-refractivity contribution in [3.8, 4) is 11.5 Å². The van der Waals surface area contributed by atoms with Crippen LogP contribution in [0.15, 0.2) is 41.3 Å². The first-order valence-electron chi connectivity index (χ1n) is 8.88. The van der Waals surface area contributed by atoms with Crippen LogP contribution in [0.25, 0.3) is 6.08 Å². The zero-order valence-electron chi connectivity index (χ0n) is 16.3. The molecule has 1 aliphatic rings. The summed E-state index contributed by atoms with van der Waals surface area (Å²) in [7, 11) is 1.42. The Bertz CT molecular complexity index is 1050. The lowest BCUT2D eigenvalue weighted by Gasteiger charge is -2.14. The third kappa shape index (κ3) is 4.77. The summed E-state index contributed by atoms with van der Waals surface area (Å²) in [6, 6.07) is 10.7. The van der Waals surface area contributed by atoms with Crippen LogP contribution in [0.3, 0.4) is 0 Å². The number of amides is 3. The molecular weight excluding hydrogens is 428 g/mol. The molecule has 0 atom stereocenters. The maximum absolute atomic E-state index is 12.8. The van der Waals surface area contributed by atoms with Crippen molar-refractivity contribution in [3.05, 3.63) is 63.0 Å². The highest BCUT2D eigenvalue weighted by Crippen LogP contribution is 2.39. The number of rotatable bonds is 7. The normalized spacial score (nSPS) is 15.0. The molecule has 30 heavy (non-hydrogen) atoms. The van der Waals surface area contributed by atoms with Crippen LogP contribution in [-0.2, 0) is 16.1 Å². The van der Waals surface area contributed by atoms with Gasteiger partial charge in [0.2, 0.25) is 0 Å². The van der Waals surface area contributed by atoms with Gasteiger partial charge < -0.3 is 15.2 Å². The van der Waals surface area contributed by atoms with E-state index in [1.807, 2.05) is 31.2 Å². The van der Waals surface area contributed by atoms with Gasteiger partial charge in [-0.25, -0.2) is 0 Å². The number of thioether (sulfide) groups is 1. The van der Waals surface area contributed by atoms with E-state index < -0.39 is 5.91 Å². The molecule has 1 saturated heterocycles. The van der Waals surface area contributed by atoms with Gasteiger partial charge in [-0.3, -0.25) is 19.3 Å². The molecule has 3 rings (SSSR count). The lowest BCUT2D eigenvalue weighted by Crippen LogP contribution is -2.27. The maximum Gasteiger partial charge on any atom is 0.293 e. The first-order valence-corrected chi connectivity index (χ1v) is 10.1. The van der Waals surface area contributed by atoms with Crippen LogP contribution in [0.4, 0.5) is 4.79 Å². The van der Waals surface area contributed by atoms with Gasteiger partial charge in [-0.15, -0.1) is 0 Å². The first kappa shape index (κ1) is 21.7. The SMILES string of the molecule is COc1cc(/C=C2\SC(=O)N(Cc3ccccc3C)C2=O)cc(Cl)c1OCC(N)=O. The number of hydrogen-bond donors (Lipinski definition) is 1. The maximum atomic E-state index is 12.8. The Labute approximate surface area is 182 Å². The molecule has 0 spiro atoms. The number of halogens is 1. The molecule has 0 aromatic heterocycles. The summed E-state index contributed by atoms with van der Waals surface area (Å²) in [5.41, 5.74) is 7.55. The summed E-state index contributed by atoms with van der Waals surface area (Å²) in [5.74, 6) is -0.589. The third-order valence-electron chi connectivity index (χ3n) is 4.37. The van der Waals surface area contributed by atoms with Crippen molar-refractivity contribution in [2.75, 3.05) is 13.7 Å². The van der Waals surface area contributed by atoms with Crippen molar-refractivity contribution >= 4 is 46.5 Å². The molecule has 7 nitrogen and oxygen atoms in total. The van der Waals surface area contributed by atoms with Crippen molar-refractivity contribution < 1.29 is 23.9 Å². The molecule has 156 valence electrons. The van der Waals surface area contributed by atoms with Gasteiger partial charge in [0, 0.05) is 0 Å². The molecule has 2 aromatic carbocycles. The highest BCUT2D eigenvalue weighted by molar-refractivity contribution is 8.18. The van der Waals surface area contributed by atoms with E-state index >= 15 is 0 Å². The van der Waals surface area contributed by atoms with E-state index in [1.54, 1.807) is 18.2 Å². The topological polar surface area (TPSA) is 98.9 Å². The highest BCUT2D eigenvalue weighted by atomic mass is 35.5. The molecular formula is C21H19ClN2O5S. The molecule has 0 saturated carbocycles. The molecule has 1 aliphatic heterocycles. The van der Waals surface area contributed by atoms with Crippen LogP contribution in [-0.4, -0.2) is 35.7 Å². The minimum atomic E-state index is -0.653. The average molecular weight is 447 g/mol. The highest BCUT2D eigenvalue weighted by Gasteiger charge is 2.35. The molecule has 0 radical (unpaired) electrons. The van der Waals surface area contributed by atoms with Gasteiger partial charge in [-0.1, -0.05) is 35.9 Å². The Balaban J connectivity index is 1.85. The van der Waals surface area contributed by atoms with E-state index in [4.69, 9.17) is 26.8 Å². The van der Waals surface area contributed by atoms with Gasteiger partial charge in [-0.2, -0.15) is 0 Å². The predicted octanol–water partition coefficient (Wildman–Crippen LogP) is 3.76. The zero-order chi connectivity index (χ0) is 21.8. The number of hydrogen-bond acceptors (Lipinski definition) is 6. The Kier molecular flexibility index (Phi) is 6.69. The van der Waals surface area contributed by atoms with Gasteiger partial charge in [0.1, 0.15) is 0 Å². The molecule has 0 unspecified atom stereocenters. The monoisotopic (exact) mass is 446 g/mol.